The van der Waals surface area contributed by atoms with Gasteiger partial charge in [-0.05, 0) is 38.1 Å². The van der Waals surface area contributed by atoms with Crippen LogP contribution in [-0.2, 0) is 4.79 Å². The Morgan fingerprint density at radius 3 is 2.67 bits per heavy atom. The summed E-state index contributed by atoms with van der Waals surface area (Å²) in [7, 11) is 0. The second-order valence-corrected chi connectivity index (χ2v) is 6.09. The predicted octanol–water partition coefficient (Wildman–Crippen LogP) is 3.94. The van der Waals surface area contributed by atoms with E-state index in [1.165, 1.54) is 0 Å². The number of benzene rings is 1. The van der Waals surface area contributed by atoms with Crippen LogP contribution in [0.2, 0.25) is 5.02 Å². The van der Waals surface area contributed by atoms with Gasteiger partial charge in [-0.15, -0.1) is 0 Å². The number of rotatable bonds is 4. The van der Waals surface area contributed by atoms with Gasteiger partial charge in [0.2, 0.25) is 5.78 Å². The number of halogens is 1. The second kappa shape index (κ2) is 6.09. The van der Waals surface area contributed by atoms with Crippen LogP contribution in [-0.4, -0.2) is 26.8 Å². The predicted molar refractivity (Wildman–Crippen MR) is 91.8 cm³/mol. The van der Waals surface area contributed by atoms with Gasteiger partial charge < -0.3 is 10.1 Å². The first kappa shape index (κ1) is 16.2. The number of carbonyl (C=O) groups excluding carboxylic acids is 1. The number of carboxylic acids is 1. The number of hydrogen-bond donors (Lipinski definition) is 2. The minimum absolute atomic E-state index is 0.236. The summed E-state index contributed by atoms with van der Waals surface area (Å²) in [5.74, 6) is -2.19. The van der Waals surface area contributed by atoms with Crippen LogP contribution in [0.15, 0.2) is 36.4 Å². The molecule has 0 saturated carbocycles. The molecular weight excluding hydrogens is 328 g/mol. The van der Waals surface area contributed by atoms with Gasteiger partial charge in [-0.2, -0.15) is 0 Å². The summed E-state index contributed by atoms with van der Waals surface area (Å²) in [6.07, 6.45) is 0. The van der Waals surface area contributed by atoms with Gasteiger partial charge in [0.1, 0.15) is 5.69 Å². The molecule has 0 fully saturated rings. The van der Waals surface area contributed by atoms with Crippen molar-refractivity contribution < 1.29 is 14.7 Å². The Balaban J connectivity index is 2.24. The number of carboxylic acid groups (broad SMARTS) is 1. The van der Waals surface area contributed by atoms with Crippen LogP contribution in [0.3, 0.4) is 0 Å². The smallest absolute Gasteiger partial charge is 0.310 e. The summed E-state index contributed by atoms with van der Waals surface area (Å²) in [5.41, 5.74) is 2.30. The minimum atomic E-state index is -1.00. The summed E-state index contributed by atoms with van der Waals surface area (Å²) >= 11 is 6.01. The zero-order valence-electron chi connectivity index (χ0n) is 13.1. The number of nitrogens with zero attached hydrogens (tertiary/aromatic N) is 1. The Labute approximate surface area is 143 Å². The topological polar surface area (TPSA) is 83.0 Å². The van der Waals surface area contributed by atoms with Crippen molar-refractivity contribution in [2.45, 2.75) is 19.8 Å². The van der Waals surface area contributed by atoms with E-state index >= 15 is 0 Å². The number of H-pyrrole nitrogens is 1. The lowest BCUT2D eigenvalue weighted by atomic mass is 9.95. The molecule has 0 amide bonds. The highest BCUT2D eigenvalue weighted by Gasteiger charge is 2.27. The number of carbonyl (C=O) groups is 2. The van der Waals surface area contributed by atoms with E-state index < -0.39 is 11.9 Å². The summed E-state index contributed by atoms with van der Waals surface area (Å²) in [4.78, 5) is 31.6. The number of ketones is 1. The van der Waals surface area contributed by atoms with Crippen LogP contribution < -0.4 is 0 Å². The molecule has 0 aliphatic rings. The van der Waals surface area contributed by atoms with Gasteiger partial charge in [-0.3, -0.25) is 9.59 Å². The van der Waals surface area contributed by atoms with Gasteiger partial charge in [0.15, 0.2) is 0 Å². The molecule has 0 saturated heterocycles. The van der Waals surface area contributed by atoms with Gasteiger partial charge >= 0.3 is 5.97 Å². The van der Waals surface area contributed by atoms with Gasteiger partial charge in [-0.25, -0.2) is 4.98 Å². The van der Waals surface area contributed by atoms with E-state index in [0.717, 1.165) is 0 Å². The fourth-order valence-electron chi connectivity index (χ4n) is 2.74. The highest BCUT2D eigenvalue weighted by atomic mass is 35.5. The largest absolute Gasteiger partial charge is 0.481 e. The first-order valence-electron chi connectivity index (χ1n) is 7.40. The zero-order valence-corrected chi connectivity index (χ0v) is 13.9. The van der Waals surface area contributed by atoms with E-state index in [4.69, 9.17) is 11.6 Å². The molecule has 1 unspecified atom stereocenters. The Bertz CT molecular complexity index is 962. The molecule has 0 radical (unpaired) electrons. The molecular formula is C18H15ClN2O3. The third-order valence-electron chi connectivity index (χ3n) is 3.95. The summed E-state index contributed by atoms with van der Waals surface area (Å²) in [6.45, 7) is 3.35. The zero-order chi connectivity index (χ0) is 17.4. The quantitative estimate of drug-likeness (QED) is 0.703. The third kappa shape index (κ3) is 2.78. The van der Waals surface area contributed by atoms with Crippen LogP contribution in [0, 0.1) is 6.92 Å². The number of aryl methyl sites for hydroxylation is 1. The molecule has 0 aliphatic heterocycles. The molecule has 2 heterocycles. The molecule has 122 valence electrons. The van der Waals surface area contributed by atoms with E-state index in [0.29, 0.717) is 27.2 Å². The van der Waals surface area contributed by atoms with Crippen LogP contribution in [0.1, 0.15) is 40.3 Å². The lowest BCUT2D eigenvalue weighted by Gasteiger charge is -2.08. The fraction of sp³-hybridized carbons (Fsp3) is 0.167. The minimum Gasteiger partial charge on any atom is -0.481 e. The summed E-state index contributed by atoms with van der Waals surface area (Å²) in [6, 6.07) is 10.2. The van der Waals surface area contributed by atoms with Crippen molar-refractivity contribution in [1.82, 2.24) is 9.97 Å². The molecule has 24 heavy (non-hydrogen) atoms. The maximum Gasteiger partial charge on any atom is 0.310 e. The molecule has 5 nitrogen and oxygen atoms in total. The van der Waals surface area contributed by atoms with Crippen molar-refractivity contribution in [1.29, 1.82) is 0 Å². The molecule has 1 aromatic carbocycles. The molecule has 0 spiro atoms. The fourth-order valence-corrected chi connectivity index (χ4v) is 2.91. The van der Waals surface area contributed by atoms with Crippen molar-refractivity contribution in [2.24, 2.45) is 0 Å². The Kier molecular flexibility index (Phi) is 4.11. The molecule has 0 aliphatic carbocycles. The number of nitrogens with one attached hydrogen (secondary N) is 1. The monoisotopic (exact) mass is 342 g/mol. The normalized spacial score (nSPS) is 12.3. The Morgan fingerprint density at radius 1 is 1.25 bits per heavy atom. The van der Waals surface area contributed by atoms with E-state index in [9.17, 15) is 14.7 Å². The highest BCUT2D eigenvalue weighted by Crippen LogP contribution is 2.32. The molecule has 1 atom stereocenters. The first-order chi connectivity index (χ1) is 11.4. The van der Waals surface area contributed by atoms with E-state index in [-0.39, 0.29) is 17.2 Å². The van der Waals surface area contributed by atoms with Gasteiger partial charge in [-0.1, -0.05) is 23.7 Å². The standard InChI is InChI=1S/C18H15ClN2O3/c1-9-4-3-5-13(20-9)17(22)16-15(10(2)18(23)24)12-7-6-11(19)8-14(12)21-16/h3-8,10,21H,1-2H3,(H,23,24). The van der Waals surface area contributed by atoms with Gasteiger partial charge in [0.25, 0.3) is 0 Å². The molecule has 6 heteroatoms. The Hall–Kier alpha value is -2.66. The summed E-state index contributed by atoms with van der Waals surface area (Å²) in [5, 5.41) is 10.6. The van der Waals surface area contributed by atoms with Crippen molar-refractivity contribution >= 4 is 34.3 Å². The van der Waals surface area contributed by atoms with Crippen molar-refractivity contribution in [3.63, 3.8) is 0 Å². The molecule has 3 aromatic rings. The summed E-state index contributed by atoms with van der Waals surface area (Å²) < 4.78 is 0. The van der Waals surface area contributed by atoms with Crippen LogP contribution in [0.4, 0.5) is 0 Å². The maximum absolute atomic E-state index is 12.9. The Morgan fingerprint density at radius 2 is 2.00 bits per heavy atom. The van der Waals surface area contributed by atoms with Crippen molar-refractivity contribution in [3.05, 3.63) is 64.1 Å². The second-order valence-electron chi connectivity index (χ2n) is 5.66. The number of fused-ring (bicyclic) bond motifs is 1. The number of aromatic nitrogens is 2. The molecule has 3 rings (SSSR count). The van der Waals surface area contributed by atoms with Crippen molar-refractivity contribution in [3.8, 4) is 0 Å². The van der Waals surface area contributed by atoms with Crippen LogP contribution >= 0.6 is 11.6 Å². The first-order valence-corrected chi connectivity index (χ1v) is 7.78. The molecule has 2 N–H and O–H groups in total. The van der Waals surface area contributed by atoms with E-state index in [1.54, 1.807) is 50.2 Å². The number of hydrogen-bond acceptors (Lipinski definition) is 3. The average Bonchev–Trinajstić information content (AvgIpc) is 2.91. The molecule has 0 bridgehead atoms. The van der Waals surface area contributed by atoms with E-state index in [1.807, 2.05) is 0 Å². The number of aromatic amines is 1. The van der Waals surface area contributed by atoms with Crippen LogP contribution in [0.5, 0.6) is 0 Å². The third-order valence-corrected chi connectivity index (χ3v) is 4.19. The lowest BCUT2D eigenvalue weighted by Crippen LogP contribution is -2.13. The molecule has 2 aromatic heterocycles. The lowest BCUT2D eigenvalue weighted by molar-refractivity contribution is -0.138. The average molecular weight is 343 g/mol. The van der Waals surface area contributed by atoms with Crippen LogP contribution in [0.25, 0.3) is 10.9 Å². The number of pyridine rings is 1. The van der Waals surface area contributed by atoms with Crippen molar-refractivity contribution in [2.75, 3.05) is 0 Å². The SMILES string of the molecule is Cc1cccc(C(=O)c2[nH]c3cc(Cl)ccc3c2C(C)C(=O)O)n1. The van der Waals surface area contributed by atoms with Gasteiger partial charge in [0.05, 0.1) is 11.6 Å². The number of aliphatic carboxylic acids is 1. The van der Waals surface area contributed by atoms with E-state index in [2.05, 4.69) is 9.97 Å². The maximum atomic E-state index is 12.9. The van der Waals surface area contributed by atoms with Gasteiger partial charge in [0, 0.05) is 27.2 Å². The highest BCUT2D eigenvalue weighted by molar-refractivity contribution is 6.31.